The van der Waals surface area contributed by atoms with Gasteiger partial charge in [-0.3, -0.25) is 0 Å². The standard InChI is InChI=1S/C13H15FN2O3/c1-8(2)7-16(3)13(19)15-11-9(12(17)18)5-4-6-10(11)14/h4-6H,1,7H2,2-3H3,(H,15,19)(H,17,18). The maximum absolute atomic E-state index is 13.6. The Morgan fingerprint density at radius 2 is 2.11 bits per heavy atom. The first-order chi connectivity index (χ1) is 8.82. The van der Waals surface area contributed by atoms with Crippen molar-refractivity contribution in [1.82, 2.24) is 4.90 Å². The molecule has 1 rings (SSSR count). The number of benzene rings is 1. The van der Waals surface area contributed by atoms with Crippen LogP contribution in [0.5, 0.6) is 0 Å². The number of rotatable bonds is 4. The van der Waals surface area contributed by atoms with Crippen LogP contribution in [0.2, 0.25) is 0 Å². The van der Waals surface area contributed by atoms with Gasteiger partial charge in [0, 0.05) is 13.6 Å². The molecule has 0 saturated heterocycles. The molecule has 1 aromatic rings. The van der Waals surface area contributed by atoms with Crippen LogP contribution in [0.25, 0.3) is 0 Å². The molecule has 0 bridgehead atoms. The number of aromatic carboxylic acids is 1. The van der Waals surface area contributed by atoms with Gasteiger partial charge in [-0.1, -0.05) is 18.2 Å². The zero-order valence-corrected chi connectivity index (χ0v) is 10.7. The summed E-state index contributed by atoms with van der Waals surface area (Å²) in [5, 5.41) is 11.2. The van der Waals surface area contributed by atoms with E-state index in [1.807, 2.05) is 0 Å². The van der Waals surface area contributed by atoms with Gasteiger partial charge in [-0.15, -0.1) is 0 Å². The minimum Gasteiger partial charge on any atom is -0.478 e. The second-order valence-corrected chi connectivity index (χ2v) is 4.21. The molecule has 102 valence electrons. The number of nitrogens with zero attached hydrogens (tertiary/aromatic N) is 1. The number of hydrogen-bond acceptors (Lipinski definition) is 2. The molecule has 5 nitrogen and oxygen atoms in total. The van der Waals surface area contributed by atoms with Crippen LogP contribution < -0.4 is 5.32 Å². The molecule has 0 unspecified atom stereocenters. The fraction of sp³-hybridized carbons (Fsp3) is 0.231. The number of halogens is 1. The summed E-state index contributed by atoms with van der Waals surface area (Å²) in [6.07, 6.45) is 0. The number of amides is 2. The molecular weight excluding hydrogens is 251 g/mol. The van der Waals surface area contributed by atoms with Crippen molar-refractivity contribution in [2.45, 2.75) is 6.92 Å². The quantitative estimate of drug-likeness (QED) is 0.823. The fourth-order valence-electron chi connectivity index (χ4n) is 1.51. The predicted molar refractivity (Wildman–Crippen MR) is 69.8 cm³/mol. The molecule has 0 radical (unpaired) electrons. The van der Waals surface area contributed by atoms with Gasteiger partial charge in [0.1, 0.15) is 5.82 Å². The Balaban J connectivity index is 2.96. The highest BCUT2D eigenvalue weighted by Crippen LogP contribution is 2.20. The van der Waals surface area contributed by atoms with Crippen molar-refractivity contribution in [3.8, 4) is 0 Å². The number of carboxylic acid groups (broad SMARTS) is 1. The van der Waals surface area contributed by atoms with E-state index in [-0.39, 0.29) is 11.3 Å². The zero-order valence-electron chi connectivity index (χ0n) is 10.7. The average molecular weight is 266 g/mol. The Morgan fingerprint density at radius 3 is 2.63 bits per heavy atom. The van der Waals surface area contributed by atoms with E-state index in [0.717, 1.165) is 11.6 Å². The molecule has 0 heterocycles. The summed E-state index contributed by atoms with van der Waals surface area (Å²) in [7, 11) is 1.51. The number of urea groups is 1. The molecule has 0 atom stereocenters. The number of anilines is 1. The first kappa shape index (κ1) is 14.7. The average Bonchev–Trinajstić information content (AvgIpc) is 2.30. The highest BCUT2D eigenvalue weighted by Gasteiger charge is 2.18. The van der Waals surface area contributed by atoms with Gasteiger partial charge >= 0.3 is 12.0 Å². The van der Waals surface area contributed by atoms with Gasteiger partial charge in [0.25, 0.3) is 0 Å². The van der Waals surface area contributed by atoms with Crippen molar-refractivity contribution in [2.24, 2.45) is 0 Å². The van der Waals surface area contributed by atoms with Gasteiger partial charge in [-0.25, -0.2) is 14.0 Å². The number of carbonyl (C=O) groups excluding carboxylic acids is 1. The van der Waals surface area contributed by atoms with E-state index < -0.39 is 17.8 Å². The van der Waals surface area contributed by atoms with Crippen LogP contribution in [0.1, 0.15) is 17.3 Å². The summed E-state index contributed by atoms with van der Waals surface area (Å²) >= 11 is 0. The first-order valence-corrected chi connectivity index (χ1v) is 5.51. The minimum absolute atomic E-state index is 0.294. The second-order valence-electron chi connectivity index (χ2n) is 4.21. The molecule has 19 heavy (non-hydrogen) atoms. The molecule has 0 aliphatic carbocycles. The van der Waals surface area contributed by atoms with Crippen molar-refractivity contribution >= 4 is 17.7 Å². The van der Waals surface area contributed by atoms with Gasteiger partial charge in [0.05, 0.1) is 11.3 Å². The smallest absolute Gasteiger partial charge is 0.337 e. The Bertz CT molecular complexity index is 529. The maximum Gasteiger partial charge on any atom is 0.337 e. The third-order valence-electron chi connectivity index (χ3n) is 2.33. The minimum atomic E-state index is -1.31. The molecule has 2 N–H and O–H groups in total. The van der Waals surface area contributed by atoms with Crippen LogP contribution >= 0.6 is 0 Å². The van der Waals surface area contributed by atoms with Crippen LogP contribution in [0.15, 0.2) is 30.4 Å². The van der Waals surface area contributed by atoms with Crippen LogP contribution in [-0.2, 0) is 0 Å². The third kappa shape index (κ3) is 3.80. The highest BCUT2D eigenvalue weighted by molar-refractivity contribution is 6.00. The summed E-state index contributed by atoms with van der Waals surface area (Å²) < 4.78 is 13.6. The van der Waals surface area contributed by atoms with Crippen LogP contribution in [0.3, 0.4) is 0 Å². The Morgan fingerprint density at radius 1 is 1.47 bits per heavy atom. The van der Waals surface area contributed by atoms with Crippen LogP contribution in [-0.4, -0.2) is 35.6 Å². The highest BCUT2D eigenvalue weighted by atomic mass is 19.1. The summed E-state index contributed by atoms with van der Waals surface area (Å²) in [4.78, 5) is 24.0. The van der Waals surface area contributed by atoms with E-state index in [4.69, 9.17) is 5.11 Å². The van der Waals surface area contributed by atoms with Crippen molar-refractivity contribution in [2.75, 3.05) is 18.9 Å². The molecule has 0 spiro atoms. The molecule has 2 amide bonds. The van der Waals surface area contributed by atoms with Gasteiger partial charge in [-0.05, 0) is 19.1 Å². The number of para-hydroxylation sites is 1. The third-order valence-corrected chi connectivity index (χ3v) is 2.33. The van der Waals surface area contributed by atoms with E-state index in [1.165, 1.54) is 24.1 Å². The van der Waals surface area contributed by atoms with Crippen LogP contribution in [0.4, 0.5) is 14.9 Å². The topological polar surface area (TPSA) is 69.6 Å². The Kier molecular flexibility index (Phi) is 4.63. The summed E-state index contributed by atoms with van der Waals surface area (Å²) in [6.45, 7) is 5.70. The van der Waals surface area contributed by atoms with Crippen molar-refractivity contribution in [3.05, 3.63) is 41.7 Å². The second kappa shape index (κ2) is 5.99. The number of likely N-dealkylation sites (N-methyl/N-ethyl adjacent to an activating group) is 1. The predicted octanol–water partition coefficient (Wildman–Crippen LogP) is 2.56. The maximum atomic E-state index is 13.6. The lowest BCUT2D eigenvalue weighted by molar-refractivity contribution is 0.0697. The largest absolute Gasteiger partial charge is 0.478 e. The first-order valence-electron chi connectivity index (χ1n) is 5.51. The van der Waals surface area contributed by atoms with E-state index in [2.05, 4.69) is 11.9 Å². The lowest BCUT2D eigenvalue weighted by Crippen LogP contribution is -2.33. The zero-order chi connectivity index (χ0) is 14.6. The SMILES string of the molecule is C=C(C)CN(C)C(=O)Nc1c(F)cccc1C(=O)O. The molecular formula is C13H15FN2O3. The molecule has 0 aliphatic rings. The summed E-state index contributed by atoms with van der Waals surface area (Å²) in [6, 6.07) is 2.97. The van der Waals surface area contributed by atoms with E-state index in [1.54, 1.807) is 6.92 Å². The Labute approximate surface area is 110 Å². The molecule has 0 fully saturated rings. The van der Waals surface area contributed by atoms with E-state index >= 15 is 0 Å². The molecule has 0 aliphatic heterocycles. The summed E-state index contributed by atoms with van der Waals surface area (Å²) in [5.74, 6) is -2.10. The van der Waals surface area contributed by atoms with Crippen molar-refractivity contribution in [1.29, 1.82) is 0 Å². The number of carbonyl (C=O) groups is 2. The van der Waals surface area contributed by atoms with E-state index in [0.29, 0.717) is 6.54 Å². The number of nitrogens with one attached hydrogen (secondary N) is 1. The molecule has 1 aromatic carbocycles. The van der Waals surface area contributed by atoms with Gasteiger partial charge < -0.3 is 15.3 Å². The van der Waals surface area contributed by atoms with Gasteiger partial charge in [0.15, 0.2) is 0 Å². The van der Waals surface area contributed by atoms with Gasteiger partial charge in [-0.2, -0.15) is 0 Å². The number of hydrogen-bond donors (Lipinski definition) is 2. The molecule has 0 aromatic heterocycles. The monoisotopic (exact) mass is 266 g/mol. The Hall–Kier alpha value is -2.37. The number of carboxylic acids is 1. The fourth-order valence-corrected chi connectivity index (χ4v) is 1.51. The van der Waals surface area contributed by atoms with E-state index in [9.17, 15) is 14.0 Å². The normalized spacial score (nSPS) is 9.84. The molecule has 0 saturated carbocycles. The van der Waals surface area contributed by atoms with Crippen LogP contribution in [0, 0.1) is 5.82 Å². The van der Waals surface area contributed by atoms with Gasteiger partial charge in [0.2, 0.25) is 0 Å². The lowest BCUT2D eigenvalue weighted by atomic mass is 10.1. The van der Waals surface area contributed by atoms with Crippen molar-refractivity contribution in [3.63, 3.8) is 0 Å². The molecule has 6 heteroatoms. The summed E-state index contributed by atoms with van der Waals surface area (Å²) in [5.41, 5.74) is 0.121. The lowest BCUT2D eigenvalue weighted by Gasteiger charge is -2.18. The van der Waals surface area contributed by atoms with Crippen molar-refractivity contribution < 1.29 is 19.1 Å².